The minimum Gasteiger partial charge on any atom is -0.376 e. The summed E-state index contributed by atoms with van der Waals surface area (Å²) in [5.41, 5.74) is 0.984. The van der Waals surface area contributed by atoms with Crippen LogP contribution in [0, 0.1) is 5.82 Å². The molecule has 0 saturated carbocycles. The van der Waals surface area contributed by atoms with Gasteiger partial charge in [0, 0.05) is 6.54 Å². The van der Waals surface area contributed by atoms with Crippen LogP contribution in [0.4, 0.5) is 4.39 Å². The monoisotopic (exact) mass is 253 g/mol. The van der Waals surface area contributed by atoms with Crippen LogP contribution in [0.25, 0.3) is 0 Å². The summed E-state index contributed by atoms with van der Waals surface area (Å²) in [5, 5.41) is 2.78. The van der Waals surface area contributed by atoms with Crippen LogP contribution >= 0.6 is 0 Å². The number of benzene rings is 1. The molecule has 0 unspecified atom stereocenters. The van der Waals surface area contributed by atoms with Gasteiger partial charge in [-0.05, 0) is 24.1 Å². The summed E-state index contributed by atoms with van der Waals surface area (Å²) < 4.78 is 23.1. The zero-order valence-electron chi connectivity index (χ0n) is 10.0. The zero-order valence-corrected chi connectivity index (χ0v) is 10.0. The molecule has 0 aromatic heterocycles. The molecule has 1 heterocycles. The van der Waals surface area contributed by atoms with Gasteiger partial charge in [0.15, 0.2) is 6.10 Å². The second kappa shape index (κ2) is 6.47. The van der Waals surface area contributed by atoms with Crippen molar-refractivity contribution in [3.05, 3.63) is 35.6 Å². The van der Waals surface area contributed by atoms with Crippen molar-refractivity contribution in [3.8, 4) is 0 Å². The van der Waals surface area contributed by atoms with E-state index in [-0.39, 0.29) is 11.7 Å². The lowest BCUT2D eigenvalue weighted by Gasteiger charge is -2.22. The average molecular weight is 253 g/mol. The molecule has 98 valence electrons. The Kier molecular flexibility index (Phi) is 4.66. The number of hydrogen-bond acceptors (Lipinski definition) is 3. The predicted octanol–water partition coefficient (Wildman–Crippen LogP) is 0.900. The highest BCUT2D eigenvalue weighted by Crippen LogP contribution is 2.03. The summed E-state index contributed by atoms with van der Waals surface area (Å²) in [5.74, 6) is -0.410. The fraction of sp³-hybridized carbons (Fsp3) is 0.462. The number of ether oxygens (including phenoxy) is 2. The third-order valence-electron chi connectivity index (χ3n) is 2.73. The van der Waals surface area contributed by atoms with Crippen LogP contribution in [0.5, 0.6) is 0 Å². The maximum atomic E-state index is 12.7. The van der Waals surface area contributed by atoms with Crippen LogP contribution in [0.15, 0.2) is 24.3 Å². The molecular weight excluding hydrogens is 237 g/mol. The smallest absolute Gasteiger partial charge is 0.251 e. The molecule has 1 aromatic carbocycles. The summed E-state index contributed by atoms with van der Waals surface area (Å²) in [6.07, 6.45) is 0.159. The standard InChI is InChI=1S/C13H16FNO3/c14-11-3-1-10(2-4-11)5-6-15-13(16)12-9-17-7-8-18-12/h1-4,12H,5-9H2,(H,15,16)/t12-/m1/s1. The van der Waals surface area contributed by atoms with Gasteiger partial charge in [0.2, 0.25) is 0 Å². The van der Waals surface area contributed by atoms with Gasteiger partial charge in [-0.25, -0.2) is 4.39 Å². The van der Waals surface area contributed by atoms with Crippen molar-refractivity contribution >= 4 is 5.91 Å². The van der Waals surface area contributed by atoms with Gasteiger partial charge in [-0.3, -0.25) is 4.79 Å². The summed E-state index contributed by atoms with van der Waals surface area (Å²) in [7, 11) is 0. The van der Waals surface area contributed by atoms with Crippen LogP contribution in [0.1, 0.15) is 5.56 Å². The minimum absolute atomic E-state index is 0.156. The Bertz CT molecular complexity index is 388. The van der Waals surface area contributed by atoms with Gasteiger partial charge in [-0.15, -0.1) is 0 Å². The van der Waals surface area contributed by atoms with E-state index in [1.54, 1.807) is 12.1 Å². The minimum atomic E-state index is -0.507. The summed E-state index contributed by atoms with van der Waals surface area (Å²) in [6, 6.07) is 6.24. The first kappa shape index (κ1) is 13.0. The molecule has 1 saturated heterocycles. The number of halogens is 1. The molecule has 1 aromatic rings. The number of hydrogen-bond donors (Lipinski definition) is 1. The molecule has 0 radical (unpaired) electrons. The molecule has 2 rings (SSSR count). The van der Waals surface area contributed by atoms with Crippen LogP contribution in [-0.4, -0.2) is 38.4 Å². The molecule has 1 atom stereocenters. The van der Waals surface area contributed by atoms with E-state index in [0.29, 0.717) is 32.8 Å². The summed E-state index contributed by atoms with van der Waals surface area (Å²) in [6.45, 7) is 1.81. The van der Waals surface area contributed by atoms with E-state index in [1.165, 1.54) is 12.1 Å². The molecule has 5 heteroatoms. The third kappa shape index (κ3) is 3.78. The van der Waals surface area contributed by atoms with E-state index in [0.717, 1.165) is 5.56 Å². The van der Waals surface area contributed by atoms with E-state index in [1.807, 2.05) is 0 Å². The molecule has 0 bridgehead atoms. The first-order valence-corrected chi connectivity index (χ1v) is 5.97. The molecule has 4 nitrogen and oxygen atoms in total. The molecule has 1 aliphatic heterocycles. The van der Waals surface area contributed by atoms with Crippen molar-refractivity contribution in [1.29, 1.82) is 0 Å². The molecule has 0 aliphatic carbocycles. The van der Waals surface area contributed by atoms with Crippen LogP contribution < -0.4 is 5.32 Å². The topological polar surface area (TPSA) is 47.6 Å². The lowest BCUT2D eigenvalue weighted by atomic mass is 10.1. The van der Waals surface area contributed by atoms with Gasteiger partial charge in [-0.1, -0.05) is 12.1 Å². The lowest BCUT2D eigenvalue weighted by Crippen LogP contribution is -2.43. The van der Waals surface area contributed by atoms with Crippen molar-refractivity contribution in [2.24, 2.45) is 0 Å². The maximum absolute atomic E-state index is 12.7. The highest BCUT2D eigenvalue weighted by molar-refractivity contribution is 5.80. The van der Waals surface area contributed by atoms with Crippen LogP contribution in [-0.2, 0) is 20.7 Å². The van der Waals surface area contributed by atoms with Crippen molar-refractivity contribution in [3.63, 3.8) is 0 Å². The fourth-order valence-corrected chi connectivity index (χ4v) is 1.73. The molecule has 18 heavy (non-hydrogen) atoms. The van der Waals surface area contributed by atoms with Crippen molar-refractivity contribution in [2.45, 2.75) is 12.5 Å². The lowest BCUT2D eigenvalue weighted by molar-refractivity contribution is -0.147. The fourth-order valence-electron chi connectivity index (χ4n) is 1.73. The second-order valence-corrected chi connectivity index (χ2v) is 4.10. The highest BCUT2D eigenvalue weighted by atomic mass is 19.1. The van der Waals surface area contributed by atoms with E-state index in [9.17, 15) is 9.18 Å². The Labute approximate surface area is 105 Å². The van der Waals surface area contributed by atoms with Gasteiger partial charge in [-0.2, -0.15) is 0 Å². The number of rotatable bonds is 4. The van der Waals surface area contributed by atoms with Crippen LogP contribution in [0.2, 0.25) is 0 Å². The predicted molar refractivity (Wildman–Crippen MR) is 63.7 cm³/mol. The Morgan fingerprint density at radius 2 is 2.11 bits per heavy atom. The van der Waals surface area contributed by atoms with E-state index in [4.69, 9.17) is 9.47 Å². The first-order valence-electron chi connectivity index (χ1n) is 5.97. The zero-order chi connectivity index (χ0) is 12.8. The van der Waals surface area contributed by atoms with E-state index < -0.39 is 6.10 Å². The summed E-state index contributed by atoms with van der Waals surface area (Å²) in [4.78, 5) is 11.7. The molecule has 1 N–H and O–H groups in total. The number of carbonyl (C=O) groups is 1. The SMILES string of the molecule is O=C(NCCc1ccc(F)cc1)[C@H]1COCCO1. The highest BCUT2D eigenvalue weighted by Gasteiger charge is 2.21. The second-order valence-electron chi connectivity index (χ2n) is 4.10. The Morgan fingerprint density at radius 1 is 1.33 bits per heavy atom. The average Bonchev–Trinajstić information content (AvgIpc) is 2.42. The first-order chi connectivity index (χ1) is 8.75. The quantitative estimate of drug-likeness (QED) is 0.867. The molecular formula is C13H16FNO3. The van der Waals surface area contributed by atoms with Crippen molar-refractivity contribution in [2.75, 3.05) is 26.4 Å². The Hall–Kier alpha value is -1.46. The van der Waals surface area contributed by atoms with Gasteiger partial charge in [0.25, 0.3) is 5.91 Å². The maximum Gasteiger partial charge on any atom is 0.251 e. The molecule has 1 amide bonds. The number of carbonyl (C=O) groups excluding carboxylic acids is 1. The van der Waals surface area contributed by atoms with E-state index >= 15 is 0 Å². The molecule has 0 spiro atoms. The Morgan fingerprint density at radius 3 is 2.78 bits per heavy atom. The van der Waals surface area contributed by atoms with Gasteiger partial charge in [0.1, 0.15) is 5.82 Å². The number of nitrogens with one attached hydrogen (secondary N) is 1. The van der Waals surface area contributed by atoms with Gasteiger partial charge >= 0.3 is 0 Å². The third-order valence-corrected chi connectivity index (χ3v) is 2.73. The van der Waals surface area contributed by atoms with E-state index in [2.05, 4.69) is 5.32 Å². The normalized spacial score (nSPS) is 19.5. The van der Waals surface area contributed by atoms with Crippen molar-refractivity contribution in [1.82, 2.24) is 5.32 Å². The van der Waals surface area contributed by atoms with Gasteiger partial charge in [0.05, 0.1) is 19.8 Å². The Balaban J connectivity index is 1.71. The molecule has 1 fully saturated rings. The van der Waals surface area contributed by atoms with Crippen LogP contribution in [0.3, 0.4) is 0 Å². The van der Waals surface area contributed by atoms with Crippen molar-refractivity contribution < 1.29 is 18.7 Å². The largest absolute Gasteiger partial charge is 0.376 e. The molecule has 1 aliphatic rings. The number of amides is 1. The van der Waals surface area contributed by atoms with Gasteiger partial charge < -0.3 is 14.8 Å². The summed E-state index contributed by atoms with van der Waals surface area (Å²) >= 11 is 0.